The third-order valence-electron chi connectivity index (χ3n) is 6.59. The Hall–Kier alpha value is -0.570. The number of hydrogen-bond donors (Lipinski definition) is 2. The van der Waals surface area contributed by atoms with Crippen molar-refractivity contribution in [1.82, 2.24) is 5.32 Å². The van der Waals surface area contributed by atoms with E-state index in [4.69, 9.17) is 0 Å². The molecule has 0 aromatic carbocycles. The summed E-state index contributed by atoms with van der Waals surface area (Å²) in [5, 5.41) is 13.3. The van der Waals surface area contributed by atoms with Crippen LogP contribution in [-0.2, 0) is 4.79 Å². The molecule has 4 bridgehead atoms. The van der Waals surface area contributed by atoms with E-state index in [1.165, 1.54) is 32.1 Å². The van der Waals surface area contributed by atoms with Crippen molar-refractivity contribution < 1.29 is 9.90 Å². The van der Waals surface area contributed by atoms with E-state index in [1.807, 2.05) is 0 Å². The molecule has 112 valence electrons. The summed E-state index contributed by atoms with van der Waals surface area (Å²) >= 11 is 0. The Morgan fingerprint density at radius 1 is 0.900 bits per heavy atom. The minimum absolute atomic E-state index is 0.0217. The molecule has 5 rings (SSSR count). The normalized spacial score (nSPS) is 50.1. The minimum Gasteiger partial charge on any atom is -0.391 e. The van der Waals surface area contributed by atoms with E-state index in [1.54, 1.807) is 0 Å². The maximum Gasteiger partial charge on any atom is 0.223 e. The molecule has 5 saturated carbocycles. The van der Waals surface area contributed by atoms with Gasteiger partial charge in [0, 0.05) is 5.92 Å². The third kappa shape index (κ3) is 2.18. The summed E-state index contributed by atoms with van der Waals surface area (Å²) in [6.07, 6.45) is 10.3. The zero-order chi connectivity index (χ0) is 13.7. The molecule has 0 radical (unpaired) electrons. The summed E-state index contributed by atoms with van der Waals surface area (Å²) in [6.45, 7) is 0. The second kappa shape index (κ2) is 5.01. The van der Waals surface area contributed by atoms with Crippen LogP contribution < -0.4 is 5.32 Å². The maximum atomic E-state index is 12.7. The van der Waals surface area contributed by atoms with Gasteiger partial charge in [0.1, 0.15) is 0 Å². The quantitative estimate of drug-likeness (QED) is 0.814. The fourth-order valence-electron chi connectivity index (χ4n) is 5.91. The number of carbonyl (C=O) groups is 1. The van der Waals surface area contributed by atoms with Crippen LogP contribution in [-0.4, -0.2) is 23.2 Å². The molecule has 5 fully saturated rings. The largest absolute Gasteiger partial charge is 0.391 e. The lowest BCUT2D eigenvalue weighted by atomic mass is 9.51. The number of aliphatic hydroxyl groups excluding tert-OH is 1. The molecule has 1 amide bonds. The molecule has 2 N–H and O–H groups in total. The van der Waals surface area contributed by atoms with Crippen LogP contribution in [0.4, 0.5) is 0 Å². The summed E-state index contributed by atoms with van der Waals surface area (Å²) in [7, 11) is 0. The predicted molar refractivity (Wildman–Crippen MR) is 76.9 cm³/mol. The van der Waals surface area contributed by atoms with Crippen LogP contribution in [0, 0.1) is 29.6 Å². The highest BCUT2D eigenvalue weighted by molar-refractivity contribution is 5.80. The van der Waals surface area contributed by atoms with E-state index in [-0.39, 0.29) is 24.0 Å². The van der Waals surface area contributed by atoms with Gasteiger partial charge in [-0.25, -0.2) is 0 Å². The highest BCUT2D eigenvalue weighted by Gasteiger charge is 2.51. The van der Waals surface area contributed by atoms with Crippen LogP contribution in [0.2, 0.25) is 0 Å². The van der Waals surface area contributed by atoms with Crippen molar-refractivity contribution in [3.63, 3.8) is 0 Å². The summed E-state index contributed by atoms with van der Waals surface area (Å²) in [5.74, 6) is 3.66. The first-order chi connectivity index (χ1) is 9.70. The van der Waals surface area contributed by atoms with Gasteiger partial charge in [-0.15, -0.1) is 0 Å². The number of carbonyl (C=O) groups excluding carboxylic acids is 1. The fraction of sp³-hybridized carbons (Fsp3) is 0.941. The van der Waals surface area contributed by atoms with E-state index in [0.717, 1.165) is 37.5 Å². The van der Waals surface area contributed by atoms with Crippen LogP contribution in [0.25, 0.3) is 0 Å². The van der Waals surface area contributed by atoms with Gasteiger partial charge in [-0.1, -0.05) is 12.8 Å². The van der Waals surface area contributed by atoms with Gasteiger partial charge in [-0.2, -0.15) is 0 Å². The van der Waals surface area contributed by atoms with Crippen molar-refractivity contribution in [3.8, 4) is 0 Å². The molecule has 0 saturated heterocycles. The molecule has 5 aliphatic rings. The van der Waals surface area contributed by atoms with Crippen LogP contribution in [0.15, 0.2) is 0 Å². The molecular formula is C17H27NO2. The third-order valence-corrected chi connectivity index (χ3v) is 6.59. The topological polar surface area (TPSA) is 49.3 Å². The van der Waals surface area contributed by atoms with Crippen molar-refractivity contribution in [2.24, 2.45) is 29.6 Å². The van der Waals surface area contributed by atoms with Crippen molar-refractivity contribution >= 4 is 5.91 Å². The molecule has 0 spiro atoms. The standard InChI is InChI=1S/C17H27NO2/c19-15-4-2-1-3-14(15)18-17(20)16-12-6-10-5-11(8-12)9-13(16)7-10/h10-16,19H,1-9H2,(H,18,20). The molecule has 2 unspecified atom stereocenters. The van der Waals surface area contributed by atoms with Gasteiger partial charge in [0.2, 0.25) is 5.91 Å². The first-order valence-electron chi connectivity index (χ1n) is 8.69. The number of rotatable bonds is 2. The van der Waals surface area contributed by atoms with E-state index >= 15 is 0 Å². The monoisotopic (exact) mass is 277 g/mol. The van der Waals surface area contributed by atoms with E-state index < -0.39 is 0 Å². The zero-order valence-corrected chi connectivity index (χ0v) is 12.3. The second-order valence-corrected chi connectivity index (χ2v) is 7.92. The molecule has 2 atom stereocenters. The van der Waals surface area contributed by atoms with E-state index in [0.29, 0.717) is 11.8 Å². The lowest BCUT2D eigenvalue weighted by Gasteiger charge is -2.53. The molecule has 3 heteroatoms. The van der Waals surface area contributed by atoms with E-state index in [2.05, 4.69) is 5.32 Å². The van der Waals surface area contributed by atoms with Gasteiger partial charge in [-0.05, 0) is 68.6 Å². The number of nitrogens with one attached hydrogen (secondary N) is 1. The second-order valence-electron chi connectivity index (χ2n) is 7.92. The van der Waals surface area contributed by atoms with Crippen LogP contribution in [0.3, 0.4) is 0 Å². The minimum atomic E-state index is -0.315. The van der Waals surface area contributed by atoms with Gasteiger partial charge in [-0.3, -0.25) is 4.79 Å². The Bertz CT molecular complexity index is 366. The molecule has 0 aromatic rings. The highest BCUT2D eigenvalue weighted by atomic mass is 16.3. The Morgan fingerprint density at radius 3 is 2.10 bits per heavy atom. The van der Waals surface area contributed by atoms with Gasteiger partial charge in [0.15, 0.2) is 0 Å². The summed E-state index contributed by atoms with van der Waals surface area (Å²) < 4.78 is 0. The first kappa shape index (κ1) is 13.1. The summed E-state index contributed by atoms with van der Waals surface area (Å²) in [5.41, 5.74) is 0. The van der Waals surface area contributed by atoms with Crippen molar-refractivity contribution in [2.45, 2.75) is 69.9 Å². The van der Waals surface area contributed by atoms with Crippen molar-refractivity contribution in [2.75, 3.05) is 0 Å². The lowest BCUT2D eigenvalue weighted by Crippen LogP contribution is -2.54. The molecule has 3 nitrogen and oxygen atoms in total. The number of aliphatic hydroxyl groups is 1. The highest BCUT2D eigenvalue weighted by Crippen LogP contribution is 2.56. The lowest BCUT2D eigenvalue weighted by molar-refractivity contribution is -0.140. The van der Waals surface area contributed by atoms with Gasteiger partial charge in [0.05, 0.1) is 12.1 Å². The number of amides is 1. The molecule has 0 aromatic heterocycles. The predicted octanol–water partition coefficient (Wildman–Crippen LogP) is 2.48. The average Bonchev–Trinajstić information content (AvgIpc) is 2.40. The fourth-order valence-corrected chi connectivity index (χ4v) is 5.91. The Kier molecular flexibility index (Phi) is 3.29. The molecule has 0 aliphatic heterocycles. The number of hydrogen-bond acceptors (Lipinski definition) is 2. The van der Waals surface area contributed by atoms with Crippen LogP contribution in [0.5, 0.6) is 0 Å². The molecular weight excluding hydrogens is 250 g/mol. The van der Waals surface area contributed by atoms with Gasteiger partial charge in [0.25, 0.3) is 0 Å². The van der Waals surface area contributed by atoms with Gasteiger partial charge < -0.3 is 10.4 Å². The summed E-state index contributed by atoms with van der Waals surface area (Å²) in [4.78, 5) is 12.7. The molecule has 0 heterocycles. The Balaban J connectivity index is 1.43. The Labute approximate surface area is 121 Å². The van der Waals surface area contributed by atoms with Crippen LogP contribution >= 0.6 is 0 Å². The van der Waals surface area contributed by atoms with Crippen molar-refractivity contribution in [3.05, 3.63) is 0 Å². The zero-order valence-electron chi connectivity index (χ0n) is 12.3. The summed E-state index contributed by atoms with van der Waals surface area (Å²) in [6, 6.07) is 0.0217. The SMILES string of the molecule is O=C(NC1CCCCC1O)C1C2CC3CC(C2)CC1C3. The molecule has 5 aliphatic carbocycles. The first-order valence-corrected chi connectivity index (χ1v) is 8.69. The molecule has 20 heavy (non-hydrogen) atoms. The van der Waals surface area contributed by atoms with Crippen molar-refractivity contribution in [1.29, 1.82) is 0 Å². The smallest absolute Gasteiger partial charge is 0.223 e. The maximum absolute atomic E-state index is 12.7. The van der Waals surface area contributed by atoms with Crippen LogP contribution in [0.1, 0.15) is 57.8 Å². The van der Waals surface area contributed by atoms with Gasteiger partial charge >= 0.3 is 0 Å². The Morgan fingerprint density at radius 2 is 1.50 bits per heavy atom. The average molecular weight is 277 g/mol. The van der Waals surface area contributed by atoms with E-state index in [9.17, 15) is 9.90 Å².